The highest BCUT2D eigenvalue weighted by Crippen LogP contribution is 2.30. The van der Waals surface area contributed by atoms with Crippen LogP contribution in [0.3, 0.4) is 0 Å². The number of benzene rings is 2. The van der Waals surface area contributed by atoms with Crippen molar-refractivity contribution < 1.29 is 14.3 Å². The number of aromatic nitrogens is 2. The molecule has 8 nitrogen and oxygen atoms in total. The van der Waals surface area contributed by atoms with E-state index in [4.69, 9.17) is 9.47 Å². The zero-order valence-corrected chi connectivity index (χ0v) is 17.0. The molecule has 0 unspecified atom stereocenters. The number of piperidine rings is 1. The van der Waals surface area contributed by atoms with Crippen LogP contribution < -0.4 is 20.3 Å². The van der Waals surface area contributed by atoms with Gasteiger partial charge in [0.1, 0.15) is 11.5 Å². The van der Waals surface area contributed by atoms with Gasteiger partial charge in [0, 0.05) is 25.2 Å². The van der Waals surface area contributed by atoms with Crippen molar-refractivity contribution in [1.82, 2.24) is 14.5 Å². The molecule has 30 heavy (non-hydrogen) atoms. The van der Waals surface area contributed by atoms with E-state index in [2.05, 4.69) is 10.3 Å². The average Bonchev–Trinajstić information content (AvgIpc) is 2.79. The molecule has 0 radical (unpaired) electrons. The van der Waals surface area contributed by atoms with Gasteiger partial charge in [-0.05, 0) is 37.1 Å². The number of carbonyl (C=O) groups is 1. The van der Waals surface area contributed by atoms with Crippen molar-refractivity contribution in [3.63, 3.8) is 0 Å². The number of ether oxygens (including phenoxy) is 2. The highest BCUT2D eigenvalue weighted by molar-refractivity contribution is 5.91. The lowest BCUT2D eigenvalue weighted by molar-refractivity contribution is 0.182. The van der Waals surface area contributed by atoms with Gasteiger partial charge in [-0.15, -0.1) is 0 Å². The Morgan fingerprint density at radius 1 is 1.10 bits per heavy atom. The summed E-state index contributed by atoms with van der Waals surface area (Å²) < 4.78 is 12.2. The fraction of sp³-hybridized carbons (Fsp3) is 0.318. The molecule has 1 aromatic heterocycles. The summed E-state index contributed by atoms with van der Waals surface area (Å²) in [7, 11) is 3.13. The smallest absolute Gasteiger partial charge is 0.321 e. The molecule has 1 N–H and O–H groups in total. The molecule has 1 saturated heterocycles. The molecule has 156 valence electrons. The minimum absolute atomic E-state index is 0.0185. The third kappa shape index (κ3) is 3.80. The molecule has 0 bridgehead atoms. The molecule has 1 aliphatic heterocycles. The van der Waals surface area contributed by atoms with Crippen molar-refractivity contribution >= 4 is 22.6 Å². The number of para-hydroxylation sites is 1. The molecule has 2 aromatic carbocycles. The van der Waals surface area contributed by atoms with Gasteiger partial charge in [-0.25, -0.2) is 9.78 Å². The second kappa shape index (κ2) is 8.44. The van der Waals surface area contributed by atoms with Gasteiger partial charge >= 0.3 is 6.03 Å². The number of urea groups is 1. The van der Waals surface area contributed by atoms with E-state index in [0.29, 0.717) is 54.0 Å². The quantitative estimate of drug-likeness (QED) is 0.716. The van der Waals surface area contributed by atoms with E-state index >= 15 is 0 Å². The van der Waals surface area contributed by atoms with E-state index in [1.165, 1.54) is 0 Å². The molecule has 4 rings (SSSR count). The highest BCUT2D eigenvalue weighted by atomic mass is 16.5. The Bertz CT molecular complexity index is 1120. The van der Waals surface area contributed by atoms with Gasteiger partial charge in [0.05, 0.1) is 37.1 Å². The predicted octanol–water partition coefficient (Wildman–Crippen LogP) is 3.28. The summed E-state index contributed by atoms with van der Waals surface area (Å²) in [6.07, 6.45) is 2.98. The number of anilines is 1. The monoisotopic (exact) mass is 408 g/mol. The molecule has 3 aromatic rings. The van der Waals surface area contributed by atoms with Crippen molar-refractivity contribution in [1.29, 1.82) is 0 Å². The normalized spacial score (nSPS) is 14.5. The third-order valence-electron chi connectivity index (χ3n) is 5.48. The minimum Gasteiger partial charge on any atom is -0.497 e. The molecular formula is C22H24N4O4. The molecule has 2 amide bonds. The topological polar surface area (TPSA) is 85.7 Å². The lowest BCUT2D eigenvalue weighted by Gasteiger charge is -2.33. The number of hydrogen-bond acceptors (Lipinski definition) is 5. The van der Waals surface area contributed by atoms with Gasteiger partial charge in [0.15, 0.2) is 0 Å². The van der Waals surface area contributed by atoms with E-state index in [-0.39, 0.29) is 17.6 Å². The fourth-order valence-corrected chi connectivity index (χ4v) is 3.80. The number of nitrogens with zero attached hydrogens (tertiary/aromatic N) is 3. The van der Waals surface area contributed by atoms with E-state index in [0.717, 1.165) is 0 Å². The maximum absolute atomic E-state index is 12.8. The maximum atomic E-state index is 12.8. The molecule has 0 saturated carbocycles. The Balaban J connectivity index is 1.44. The summed E-state index contributed by atoms with van der Waals surface area (Å²) in [5, 5.41) is 3.51. The molecule has 2 heterocycles. The van der Waals surface area contributed by atoms with Crippen LogP contribution in [0.25, 0.3) is 10.9 Å². The van der Waals surface area contributed by atoms with Gasteiger partial charge in [-0.2, -0.15) is 0 Å². The average molecular weight is 408 g/mol. The molecule has 0 atom stereocenters. The lowest BCUT2D eigenvalue weighted by Crippen LogP contribution is -2.42. The summed E-state index contributed by atoms with van der Waals surface area (Å²) in [6.45, 7) is 1.09. The molecule has 0 aliphatic carbocycles. The first-order valence-electron chi connectivity index (χ1n) is 9.84. The maximum Gasteiger partial charge on any atom is 0.321 e. The third-order valence-corrected chi connectivity index (χ3v) is 5.48. The first kappa shape index (κ1) is 19.8. The number of methoxy groups -OCH3 is 2. The first-order chi connectivity index (χ1) is 14.6. The Morgan fingerprint density at radius 3 is 2.60 bits per heavy atom. The standard InChI is InChI=1S/C22H24N4O4/c1-29-16-7-8-20(30-2)19(13-16)24-22(28)25-11-9-15(10-12-25)26-14-23-18-6-4-3-5-17(18)21(26)27/h3-8,13-15H,9-12H2,1-2H3,(H,24,28). The Labute approximate surface area is 174 Å². The van der Waals surface area contributed by atoms with Crippen LogP contribution >= 0.6 is 0 Å². The zero-order chi connectivity index (χ0) is 21.1. The summed E-state index contributed by atoms with van der Waals surface area (Å²) in [5.74, 6) is 1.20. The van der Waals surface area contributed by atoms with Crippen molar-refractivity contribution in [3.05, 3.63) is 59.1 Å². The minimum atomic E-state index is -0.205. The number of hydrogen-bond donors (Lipinski definition) is 1. The van der Waals surface area contributed by atoms with Gasteiger partial charge < -0.3 is 19.7 Å². The molecule has 1 aliphatic rings. The SMILES string of the molecule is COc1ccc(OC)c(NC(=O)N2CCC(n3cnc4ccccc4c3=O)CC2)c1. The van der Waals surface area contributed by atoms with Crippen LogP contribution in [0.1, 0.15) is 18.9 Å². The Hall–Kier alpha value is -3.55. The molecule has 8 heteroatoms. The van der Waals surface area contributed by atoms with Crippen LogP contribution in [0.5, 0.6) is 11.5 Å². The van der Waals surface area contributed by atoms with Gasteiger partial charge in [-0.3, -0.25) is 9.36 Å². The largest absolute Gasteiger partial charge is 0.497 e. The van der Waals surface area contributed by atoms with Crippen LogP contribution in [-0.2, 0) is 0 Å². The van der Waals surface area contributed by atoms with E-state index in [9.17, 15) is 9.59 Å². The Kier molecular flexibility index (Phi) is 5.56. The number of amides is 2. The van der Waals surface area contributed by atoms with Gasteiger partial charge in [0.2, 0.25) is 0 Å². The number of nitrogens with one attached hydrogen (secondary N) is 1. The van der Waals surface area contributed by atoms with Crippen molar-refractivity contribution in [2.45, 2.75) is 18.9 Å². The fourth-order valence-electron chi connectivity index (χ4n) is 3.80. The van der Waals surface area contributed by atoms with Crippen LogP contribution in [0.4, 0.5) is 10.5 Å². The van der Waals surface area contributed by atoms with E-state index in [1.807, 2.05) is 18.2 Å². The predicted molar refractivity (Wildman–Crippen MR) is 114 cm³/mol. The second-order valence-electron chi connectivity index (χ2n) is 7.19. The van der Waals surface area contributed by atoms with Crippen LogP contribution in [-0.4, -0.2) is 47.8 Å². The van der Waals surface area contributed by atoms with Crippen LogP contribution in [0, 0.1) is 0 Å². The van der Waals surface area contributed by atoms with Crippen molar-refractivity contribution in [2.75, 3.05) is 32.6 Å². The summed E-state index contributed by atoms with van der Waals surface area (Å²) >= 11 is 0. The first-order valence-corrected chi connectivity index (χ1v) is 9.84. The highest BCUT2D eigenvalue weighted by Gasteiger charge is 2.25. The van der Waals surface area contributed by atoms with E-state index in [1.54, 1.807) is 54.3 Å². The molecule has 0 spiro atoms. The van der Waals surface area contributed by atoms with Crippen LogP contribution in [0.15, 0.2) is 53.6 Å². The molecule has 1 fully saturated rings. The number of fused-ring (bicyclic) bond motifs is 1. The van der Waals surface area contributed by atoms with Crippen molar-refractivity contribution in [3.8, 4) is 11.5 Å². The summed E-state index contributed by atoms with van der Waals surface area (Å²) in [4.78, 5) is 31.7. The Morgan fingerprint density at radius 2 is 1.87 bits per heavy atom. The van der Waals surface area contributed by atoms with E-state index < -0.39 is 0 Å². The summed E-state index contributed by atoms with van der Waals surface area (Å²) in [5.41, 5.74) is 1.21. The number of rotatable bonds is 4. The number of likely N-dealkylation sites (tertiary alicyclic amines) is 1. The van der Waals surface area contributed by atoms with Crippen LogP contribution in [0.2, 0.25) is 0 Å². The number of carbonyl (C=O) groups excluding carboxylic acids is 1. The zero-order valence-electron chi connectivity index (χ0n) is 17.0. The second-order valence-corrected chi connectivity index (χ2v) is 7.19. The van der Waals surface area contributed by atoms with Gasteiger partial charge in [-0.1, -0.05) is 12.1 Å². The molecular weight excluding hydrogens is 384 g/mol. The van der Waals surface area contributed by atoms with Crippen molar-refractivity contribution in [2.24, 2.45) is 0 Å². The summed E-state index contributed by atoms with van der Waals surface area (Å²) in [6, 6.07) is 12.4. The van der Waals surface area contributed by atoms with Gasteiger partial charge in [0.25, 0.3) is 5.56 Å². The lowest BCUT2D eigenvalue weighted by atomic mass is 10.0.